The van der Waals surface area contributed by atoms with Gasteiger partial charge in [0.25, 0.3) is 5.89 Å². The van der Waals surface area contributed by atoms with Crippen LogP contribution < -0.4 is 5.32 Å². The van der Waals surface area contributed by atoms with Crippen molar-refractivity contribution in [2.75, 3.05) is 0 Å². The van der Waals surface area contributed by atoms with Crippen LogP contribution in [0.2, 0.25) is 0 Å². The summed E-state index contributed by atoms with van der Waals surface area (Å²) < 4.78 is 5.81. The molecule has 164 valence electrons. The molecule has 0 spiro atoms. The number of benzene rings is 3. The van der Waals surface area contributed by atoms with Gasteiger partial charge in [0.2, 0.25) is 5.82 Å². The van der Waals surface area contributed by atoms with Crippen molar-refractivity contribution in [1.82, 2.24) is 20.4 Å². The summed E-state index contributed by atoms with van der Waals surface area (Å²) in [6.07, 6.45) is 0. The predicted octanol–water partition coefficient (Wildman–Crippen LogP) is 5.91. The van der Waals surface area contributed by atoms with Gasteiger partial charge in [0, 0.05) is 11.3 Å². The lowest BCUT2D eigenvalue weighted by Crippen LogP contribution is -2.45. The number of aromatic nitrogens is 2. The van der Waals surface area contributed by atoms with Gasteiger partial charge in [-0.3, -0.25) is 0 Å². The quantitative estimate of drug-likeness (QED) is 0.380. The molecule has 33 heavy (non-hydrogen) atoms. The fraction of sp³-hybridized carbons (Fsp3) is 0.148. The molecule has 1 aliphatic heterocycles. The minimum absolute atomic E-state index is 0.184. The first-order chi connectivity index (χ1) is 16.1. The zero-order valence-electron chi connectivity index (χ0n) is 18.5. The van der Waals surface area contributed by atoms with Crippen LogP contribution in [0.25, 0.3) is 17.0 Å². The van der Waals surface area contributed by atoms with E-state index in [-0.39, 0.29) is 6.04 Å². The number of aryl methyl sites for hydroxylation is 1. The Kier molecular flexibility index (Phi) is 5.75. The van der Waals surface area contributed by atoms with Crippen molar-refractivity contribution in [3.05, 3.63) is 113 Å². The fourth-order valence-corrected chi connectivity index (χ4v) is 4.46. The summed E-state index contributed by atoms with van der Waals surface area (Å²) >= 11 is 5.82. The zero-order valence-corrected chi connectivity index (χ0v) is 19.3. The minimum atomic E-state index is -0.184. The minimum Gasteiger partial charge on any atom is -0.351 e. The first-order valence-electron chi connectivity index (χ1n) is 10.9. The van der Waals surface area contributed by atoms with Gasteiger partial charge in [-0.25, -0.2) is 0 Å². The maximum Gasteiger partial charge on any atom is 0.258 e. The highest BCUT2D eigenvalue weighted by molar-refractivity contribution is 7.80. The molecule has 1 N–H and O–H groups in total. The van der Waals surface area contributed by atoms with Crippen LogP contribution >= 0.6 is 12.2 Å². The first kappa shape index (κ1) is 21.1. The highest BCUT2D eigenvalue weighted by atomic mass is 32.1. The second-order valence-electron chi connectivity index (χ2n) is 8.09. The van der Waals surface area contributed by atoms with Crippen LogP contribution in [0.4, 0.5) is 0 Å². The molecule has 1 aromatic heterocycles. The molecule has 3 aromatic carbocycles. The molecule has 1 aliphatic rings. The lowest BCUT2D eigenvalue weighted by molar-refractivity contribution is 0.396. The number of thiocarbonyl (C=S) groups is 1. The summed E-state index contributed by atoms with van der Waals surface area (Å²) in [5.74, 6) is 1.06. The van der Waals surface area contributed by atoms with Crippen molar-refractivity contribution >= 4 is 22.9 Å². The van der Waals surface area contributed by atoms with Crippen LogP contribution in [0.15, 0.2) is 95.1 Å². The van der Waals surface area contributed by atoms with Gasteiger partial charge in [0.15, 0.2) is 5.11 Å². The lowest BCUT2D eigenvalue weighted by Gasteiger charge is -2.37. The third-order valence-electron chi connectivity index (χ3n) is 6.01. The van der Waals surface area contributed by atoms with Gasteiger partial charge >= 0.3 is 0 Å². The third kappa shape index (κ3) is 4.17. The van der Waals surface area contributed by atoms with Crippen LogP contribution in [0.5, 0.6) is 0 Å². The summed E-state index contributed by atoms with van der Waals surface area (Å²) in [5.41, 5.74) is 6.37. The zero-order chi connectivity index (χ0) is 22.8. The number of hydrogen-bond acceptors (Lipinski definition) is 4. The van der Waals surface area contributed by atoms with Gasteiger partial charge < -0.3 is 14.7 Å². The Morgan fingerprint density at radius 1 is 0.909 bits per heavy atom. The standard InChI is InChI=1S/C27H24N4OS/c1-18-11-9-10-16-22(18)17-31-19(2)23(24(28-27(31)33)20-12-5-3-6-13-20)26-29-25(30-32-26)21-14-7-4-8-15-21/h3-16,24H,17H2,1-2H3,(H,28,33). The first-order valence-corrected chi connectivity index (χ1v) is 11.3. The maximum atomic E-state index is 5.82. The summed E-state index contributed by atoms with van der Waals surface area (Å²) in [5, 5.41) is 8.47. The molecule has 0 radical (unpaired) electrons. The normalized spacial score (nSPS) is 16.1. The van der Waals surface area contributed by atoms with E-state index in [2.05, 4.69) is 65.6 Å². The Labute approximate surface area is 198 Å². The number of rotatable bonds is 5. The predicted molar refractivity (Wildman–Crippen MR) is 134 cm³/mol. The number of hydrogen-bond donors (Lipinski definition) is 1. The molecular formula is C27H24N4OS. The molecule has 0 aliphatic carbocycles. The maximum absolute atomic E-state index is 5.82. The van der Waals surface area contributed by atoms with Gasteiger partial charge in [-0.1, -0.05) is 90.1 Å². The van der Waals surface area contributed by atoms with Crippen LogP contribution in [-0.4, -0.2) is 20.2 Å². The summed E-state index contributed by atoms with van der Waals surface area (Å²) in [6.45, 7) is 4.85. The number of nitrogens with zero attached hydrogens (tertiary/aromatic N) is 3. The van der Waals surface area contributed by atoms with Gasteiger partial charge in [-0.15, -0.1) is 0 Å². The molecule has 0 saturated carbocycles. The number of allylic oxidation sites excluding steroid dienone is 1. The smallest absolute Gasteiger partial charge is 0.258 e. The van der Waals surface area contributed by atoms with E-state index in [9.17, 15) is 0 Å². The molecule has 1 atom stereocenters. The summed E-state index contributed by atoms with van der Waals surface area (Å²) in [7, 11) is 0. The van der Waals surface area contributed by atoms with E-state index < -0.39 is 0 Å². The van der Waals surface area contributed by atoms with Crippen molar-refractivity contribution in [3.8, 4) is 11.4 Å². The number of nitrogens with one attached hydrogen (secondary N) is 1. The van der Waals surface area contributed by atoms with Gasteiger partial charge in [0.1, 0.15) is 0 Å². The van der Waals surface area contributed by atoms with Gasteiger partial charge in [0.05, 0.1) is 18.2 Å². The van der Waals surface area contributed by atoms with E-state index in [1.165, 1.54) is 11.1 Å². The summed E-state index contributed by atoms with van der Waals surface area (Å²) in [6, 6.07) is 28.2. The lowest BCUT2D eigenvalue weighted by atomic mass is 9.94. The van der Waals surface area contributed by atoms with E-state index in [1.54, 1.807) is 0 Å². The molecule has 5 rings (SSSR count). The second-order valence-corrected chi connectivity index (χ2v) is 8.48. The highest BCUT2D eigenvalue weighted by Crippen LogP contribution is 2.38. The van der Waals surface area contributed by atoms with E-state index in [1.807, 2.05) is 48.5 Å². The van der Waals surface area contributed by atoms with E-state index >= 15 is 0 Å². The Balaban J connectivity index is 1.60. The molecule has 6 heteroatoms. The average molecular weight is 453 g/mol. The van der Waals surface area contributed by atoms with Crippen LogP contribution in [0.1, 0.15) is 35.5 Å². The third-order valence-corrected chi connectivity index (χ3v) is 6.35. The van der Waals surface area contributed by atoms with E-state index in [0.717, 1.165) is 22.4 Å². The highest BCUT2D eigenvalue weighted by Gasteiger charge is 2.34. The molecule has 2 heterocycles. The molecule has 5 nitrogen and oxygen atoms in total. The molecule has 0 fully saturated rings. The van der Waals surface area contributed by atoms with Crippen LogP contribution in [0, 0.1) is 6.92 Å². The van der Waals surface area contributed by atoms with Gasteiger partial charge in [-0.05, 0) is 42.8 Å². The molecule has 4 aromatic rings. The monoisotopic (exact) mass is 452 g/mol. The SMILES string of the molecule is CC1=C(c2nc(-c3ccccc3)no2)C(c2ccccc2)NC(=S)N1Cc1ccccc1C. The molecule has 0 bridgehead atoms. The Morgan fingerprint density at radius 3 is 2.30 bits per heavy atom. The van der Waals surface area contributed by atoms with Crippen molar-refractivity contribution in [2.45, 2.75) is 26.4 Å². The molecule has 0 amide bonds. The molecule has 1 unspecified atom stereocenters. The van der Waals surface area contributed by atoms with E-state index in [4.69, 9.17) is 21.7 Å². The van der Waals surface area contributed by atoms with Crippen molar-refractivity contribution in [1.29, 1.82) is 0 Å². The fourth-order valence-electron chi connectivity index (χ4n) is 4.14. The van der Waals surface area contributed by atoms with Crippen molar-refractivity contribution in [2.24, 2.45) is 0 Å². The van der Waals surface area contributed by atoms with E-state index in [0.29, 0.717) is 23.4 Å². The Bertz CT molecular complexity index is 1310. The molecule has 0 saturated heterocycles. The largest absolute Gasteiger partial charge is 0.351 e. The van der Waals surface area contributed by atoms with Crippen LogP contribution in [0.3, 0.4) is 0 Å². The van der Waals surface area contributed by atoms with Gasteiger partial charge in [-0.2, -0.15) is 4.98 Å². The second kappa shape index (κ2) is 9.00. The van der Waals surface area contributed by atoms with Crippen molar-refractivity contribution < 1.29 is 4.52 Å². The van der Waals surface area contributed by atoms with Crippen molar-refractivity contribution in [3.63, 3.8) is 0 Å². The average Bonchev–Trinajstić information content (AvgIpc) is 3.33. The molecular weight excluding hydrogens is 428 g/mol. The van der Waals surface area contributed by atoms with Crippen LogP contribution in [-0.2, 0) is 6.54 Å². The topological polar surface area (TPSA) is 54.2 Å². The Morgan fingerprint density at radius 2 is 1.58 bits per heavy atom. The Hall–Kier alpha value is -3.77. The summed E-state index contributed by atoms with van der Waals surface area (Å²) in [4.78, 5) is 6.88.